The van der Waals surface area contributed by atoms with E-state index in [1.807, 2.05) is 40.5 Å². The molecule has 0 saturated carbocycles. The molecule has 0 aliphatic carbocycles. The number of nitrogens with zero attached hydrogens (tertiary/aromatic N) is 4. The summed E-state index contributed by atoms with van der Waals surface area (Å²) >= 11 is 1.62. The number of hydrogen-bond acceptors (Lipinski definition) is 5. The number of hydrogen-bond donors (Lipinski definition) is 1. The van der Waals surface area contributed by atoms with E-state index in [4.69, 9.17) is 0 Å². The number of benzene rings is 1. The van der Waals surface area contributed by atoms with Crippen molar-refractivity contribution in [3.05, 3.63) is 71.6 Å². The van der Waals surface area contributed by atoms with Gasteiger partial charge in [-0.05, 0) is 17.0 Å². The Balaban J connectivity index is 1.45. The van der Waals surface area contributed by atoms with E-state index in [0.717, 1.165) is 28.1 Å². The molecule has 6 heteroatoms. The fraction of sp³-hybridized carbons (Fsp3) is 0.118. The number of nitrogens with one attached hydrogen (secondary N) is 1. The Bertz CT molecular complexity index is 913. The molecule has 0 amide bonds. The molecular weight excluding hydrogens is 306 g/mol. The van der Waals surface area contributed by atoms with Crippen molar-refractivity contribution in [3.63, 3.8) is 0 Å². The second kappa shape index (κ2) is 6.18. The lowest BCUT2D eigenvalue weighted by Gasteiger charge is -2.04. The van der Waals surface area contributed by atoms with Crippen LogP contribution in [-0.2, 0) is 13.1 Å². The summed E-state index contributed by atoms with van der Waals surface area (Å²) in [6.07, 6.45) is 5.55. The fourth-order valence-corrected chi connectivity index (χ4v) is 3.20. The number of fused-ring (bicyclic) bond motifs is 1. The third-order valence-corrected chi connectivity index (χ3v) is 4.42. The SMILES string of the molecule is c1ccc(Cn2cc(CNc3ncnc4sccc34)cn2)cc1. The predicted octanol–water partition coefficient (Wildman–Crippen LogP) is 3.55. The summed E-state index contributed by atoms with van der Waals surface area (Å²) in [6, 6.07) is 12.4. The summed E-state index contributed by atoms with van der Waals surface area (Å²) in [6.45, 7) is 1.47. The summed E-state index contributed by atoms with van der Waals surface area (Å²) < 4.78 is 1.95. The van der Waals surface area contributed by atoms with E-state index >= 15 is 0 Å². The summed E-state index contributed by atoms with van der Waals surface area (Å²) in [4.78, 5) is 9.59. The molecule has 1 aromatic carbocycles. The van der Waals surface area contributed by atoms with Crippen molar-refractivity contribution in [1.82, 2.24) is 19.7 Å². The van der Waals surface area contributed by atoms with Crippen LogP contribution in [0.5, 0.6) is 0 Å². The second-order valence-electron chi connectivity index (χ2n) is 5.25. The molecular formula is C17H15N5S. The zero-order chi connectivity index (χ0) is 15.5. The molecule has 0 unspecified atom stereocenters. The Morgan fingerprint density at radius 1 is 1.04 bits per heavy atom. The van der Waals surface area contributed by atoms with Crippen molar-refractivity contribution >= 4 is 27.4 Å². The minimum absolute atomic E-state index is 0.691. The van der Waals surface area contributed by atoms with Crippen molar-refractivity contribution in [3.8, 4) is 0 Å². The highest BCUT2D eigenvalue weighted by molar-refractivity contribution is 7.16. The van der Waals surface area contributed by atoms with Crippen molar-refractivity contribution in [1.29, 1.82) is 0 Å². The van der Waals surface area contributed by atoms with E-state index in [-0.39, 0.29) is 0 Å². The average Bonchev–Trinajstić information content (AvgIpc) is 3.23. The molecule has 1 N–H and O–H groups in total. The molecule has 0 bridgehead atoms. The largest absolute Gasteiger partial charge is 0.365 e. The smallest absolute Gasteiger partial charge is 0.138 e. The van der Waals surface area contributed by atoms with E-state index in [2.05, 4.69) is 38.7 Å². The van der Waals surface area contributed by atoms with Crippen LogP contribution in [0, 0.1) is 0 Å². The maximum absolute atomic E-state index is 4.42. The van der Waals surface area contributed by atoms with E-state index in [0.29, 0.717) is 6.54 Å². The van der Waals surface area contributed by atoms with E-state index in [1.54, 1.807) is 17.7 Å². The van der Waals surface area contributed by atoms with Crippen LogP contribution in [0.1, 0.15) is 11.1 Å². The Kier molecular flexibility index (Phi) is 3.73. The Hall–Kier alpha value is -2.73. The molecule has 0 aliphatic heterocycles. The van der Waals surface area contributed by atoms with Gasteiger partial charge in [-0.25, -0.2) is 9.97 Å². The van der Waals surface area contributed by atoms with Crippen LogP contribution in [0.25, 0.3) is 10.2 Å². The minimum atomic E-state index is 0.691. The molecule has 0 saturated heterocycles. The zero-order valence-electron chi connectivity index (χ0n) is 12.4. The van der Waals surface area contributed by atoms with Gasteiger partial charge < -0.3 is 5.32 Å². The summed E-state index contributed by atoms with van der Waals surface area (Å²) in [5.74, 6) is 0.868. The van der Waals surface area contributed by atoms with Gasteiger partial charge in [0.15, 0.2) is 0 Å². The van der Waals surface area contributed by atoms with Gasteiger partial charge in [0.2, 0.25) is 0 Å². The van der Waals surface area contributed by atoms with Crippen molar-refractivity contribution in [2.75, 3.05) is 5.32 Å². The standard InChI is InChI=1S/C17H15N5S/c1-2-4-13(5-3-1)10-22-11-14(9-21-22)8-18-16-15-6-7-23-17(15)20-12-19-16/h1-7,9,11-12H,8,10H2,(H,18,19,20). The third kappa shape index (κ3) is 3.07. The van der Waals surface area contributed by atoms with Crippen LogP contribution in [0.4, 0.5) is 5.82 Å². The van der Waals surface area contributed by atoms with Crippen LogP contribution in [-0.4, -0.2) is 19.7 Å². The van der Waals surface area contributed by atoms with Gasteiger partial charge in [-0.2, -0.15) is 5.10 Å². The maximum atomic E-state index is 4.42. The van der Waals surface area contributed by atoms with Crippen LogP contribution in [0.15, 0.2) is 60.5 Å². The van der Waals surface area contributed by atoms with Gasteiger partial charge in [0.25, 0.3) is 0 Å². The van der Waals surface area contributed by atoms with Crippen LogP contribution in [0.3, 0.4) is 0 Å². The van der Waals surface area contributed by atoms with Crippen LogP contribution in [0.2, 0.25) is 0 Å². The normalized spacial score (nSPS) is 11.0. The van der Waals surface area contributed by atoms with Crippen LogP contribution >= 0.6 is 11.3 Å². The average molecular weight is 321 g/mol. The first-order valence-corrected chi connectivity index (χ1v) is 8.24. The highest BCUT2D eigenvalue weighted by Gasteiger charge is 2.05. The first-order chi connectivity index (χ1) is 11.4. The van der Waals surface area contributed by atoms with Gasteiger partial charge in [-0.15, -0.1) is 11.3 Å². The van der Waals surface area contributed by atoms with Gasteiger partial charge in [-0.3, -0.25) is 4.68 Å². The lowest BCUT2D eigenvalue weighted by atomic mass is 10.2. The topological polar surface area (TPSA) is 55.6 Å². The molecule has 3 heterocycles. The zero-order valence-corrected chi connectivity index (χ0v) is 13.2. The number of rotatable bonds is 5. The lowest BCUT2D eigenvalue weighted by molar-refractivity contribution is 0.686. The van der Waals surface area contributed by atoms with Gasteiger partial charge in [0.05, 0.1) is 18.1 Å². The first-order valence-electron chi connectivity index (χ1n) is 7.36. The Morgan fingerprint density at radius 2 is 1.96 bits per heavy atom. The second-order valence-corrected chi connectivity index (χ2v) is 6.14. The monoisotopic (exact) mass is 321 g/mol. The highest BCUT2D eigenvalue weighted by Crippen LogP contribution is 2.23. The van der Waals surface area contributed by atoms with Crippen LogP contribution < -0.4 is 5.32 Å². The van der Waals surface area contributed by atoms with Crippen molar-refractivity contribution in [2.24, 2.45) is 0 Å². The third-order valence-electron chi connectivity index (χ3n) is 3.60. The van der Waals surface area contributed by atoms with E-state index < -0.39 is 0 Å². The summed E-state index contributed by atoms with van der Waals surface area (Å²) in [5, 5.41) is 10.9. The number of aromatic nitrogens is 4. The lowest BCUT2D eigenvalue weighted by Crippen LogP contribution is -2.02. The molecule has 3 aromatic heterocycles. The molecule has 0 fully saturated rings. The number of anilines is 1. The van der Waals surface area contributed by atoms with E-state index in [9.17, 15) is 0 Å². The van der Waals surface area contributed by atoms with Gasteiger partial charge in [-0.1, -0.05) is 30.3 Å². The van der Waals surface area contributed by atoms with Gasteiger partial charge in [0.1, 0.15) is 17.0 Å². The molecule has 0 radical (unpaired) electrons. The molecule has 4 aromatic rings. The van der Waals surface area contributed by atoms with E-state index in [1.165, 1.54) is 5.56 Å². The maximum Gasteiger partial charge on any atom is 0.138 e. The summed E-state index contributed by atoms with van der Waals surface area (Å²) in [5.41, 5.74) is 2.37. The molecule has 0 atom stereocenters. The quantitative estimate of drug-likeness (QED) is 0.611. The Morgan fingerprint density at radius 3 is 2.87 bits per heavy atom. The van der Waals surface area contributed by atoms with Crippen molar-refractivity contribution in [2.45, 2.75) is 13.1 Å². The molecule has 0 spiro atoms. The summed E-state index contributed by atoms with van der Waals surface area (Å²) in [7, 11) is 0. The molecule has 5 nitrogen and oxygen atoms in total. The number of thiophene rings is 1. The van der Waals surface area contributed by atoms with Crippen molar-refractivity contribution < 1.29 is 0 Å². The molecule has 114 valence electrons. The fourth-order valence-electron chi connectivity index (χ4n) is 2.47. The predicted molar refractivity (Wildman–Crippen MR) is 92.5 cm³/mol. The Labute approximate surface area is 137 Å². The molecule has 23 heavy (non-hydrogen) atoms. The highest BCUT2D eigenvalue weighted by atomic mass is 32.1. The first kappa shape index (κ1) is 13.9. The molecule has 0 aliphatic rings. The molecule has 4 rings (SSSR count). The minimum Gasteiger partial charge on any atom is -0.365 e. The van der Waals surface area contributed by atoms with Gasteiger partial charge in [0, 0.05) is 18.3 Å². The van der Waals surface area contributed by atoms with Gasteiger partial charge >= 0.3 is 0 Å².